The van der Waals surface area contributed by atoms with Gasteiger partial charge in [0.15, 0.2) is 0 Å². The van der Waals surface area contributed by atoms with Crippen LogP contribution in [-0.4, -0.2) is 42.0 Å². The van der Waals surface area contributed by atoms with Gasteiger partial charge in [0.1, 0.15) is 11.6 Å². The van der Waals surface area contributed by atoms with E-state index >= 15 is 0 Å². The minimum atomic E-state index is -0.0153. The number of rotatable bonds is 7. The average Bonchev–Trinajstić information content (AvgIpc) is 3.01. The first-order valence-corrected chi connectivity index (χ1v) is 8.72. The van der Waals surface area contributed by atoms with E-state index in [0.717, 1.165) is 19.4 Å². The molecule has 1 fully saturated rings. The molecule has 0 saturated carbocycles. The first kappa shape index (κ1) is 17.7. The predicted octanol–water partition coefficient (Wildman–Crippen LogP) is 2.61. The number of anilines is 1. The monoisotopic (exact) mass is 350 g/mol. The first-order chi connectivity index (χ1) is 12.7. The number of methoxy groups -OCH3 is 1. The van der Waals surface area contributed by atoms with Gasteiger partial charge in [-0.2, -0.15) is 5.26 Å². The number of carbonyl (C=O) groups is 1. The van der Waals surface area contributed by atoms with Crippen LogP contribution in [0.4, 0.5) is 5.69 Å². The zero-order valence-electron chi connectivity index (χ0n) is 14.8. The zero-order valence-corrected chi connectivity index (χ0v) is 14.8. The summed E-state index contributed by atoms with van der Waals surface area (Å²) in [7, 11) is 1.49. The second-order valence-corrected chi connectivity index (χ2v) is 6.33. The number of pyridine rings is 1. The zero-order chi connectivity index (χ0) is 18.4. The molecule has 1 aromatic carbocycles. The quantitative estimate of drug-likeness (QED) is 0.830. The van der Waals surface area contributed by atoms with Gasteiger partial charge in [0, 0.05) is 25.7 Å². The molecule has 0 radical (unpaired) electrons. The third-order valence-corrected chi connectivity index (χ3v) is 4.53. The maximum atomic E-state index is 12.3. The van der Waals surface area contributed by atoms with Gasteiger partial charge in [-0.1, -0.05) is 30.3 Å². The van der Waals surface area contributed by atoms with E-state index in [1.165, 1.54) is 12.7 Å². The number of likely N-dealkylation sites (tertiary alicyclic amines) is 1. The fraction of sp³-hybridized carbons (Fsp3) is 0.350. The Morgan fingerprint density at radius 3 is 2.88 bits per heavy atom. The molecule has 1 atom stereocenters. The highest BCUT2D eigenvalue weighted by molar-refractivity contribution is 5.80. The van der Waals surface area contributed by atoms with Crippen LogP contribution in [0.1, 0.15) is 24.0 Å². The van der Waals surface area contributed by atoms with Crippen molar-refractivity contribution in [1.29, 1.82) is 5.26 Å². The standard InChI is InChI=1S/C20H22N4O2/c1-26-20-17(13-21)18(9-10-22-20)23-16-12-19(25)24(14-16)11-5-8-15-6-3-2-4-7-15/h2-4,6-7,9-10,16H,5,8,11-12,14H2,1H3,(H,22,23)/t16-/m0/s1. The summed E-state index contributed by atoms with van der Waals surface area (Å²) < 4.78 is 5.13. The van der Waals surface area contributed by atoms with Crippen LogP contribution < -0.4 is 10.1 Å². The van der Waals surface area contributed by atoms with Crippen LogP contribution in [-0.2, 0) is 11.2 Å². The Labute approximate surface area is 153 Å². The number of hydrogen-bond acceptors (Lipinski definition) is 5. The Balaban J connectivity index is 1.56. The lowest BCUT2D eigenvalue weighted by Crippen LogP contribution is -2.29. The number of ether oxygens (including phenoxy) is 1. The summed E-state index contributed by atoms with van der Waals surface area (Å²) in [5, 5.41) is 12.6. The van der Waals surface area contributed by atoms with E-state index < -0.39 is 0 Å². The predicted molar refractivity (Wildman–Crippen MR) is 98.9 cm³/mol. The summed E-state index contributed by atoms with van der Waals surface area (Å²) in [6.07, 6.45) is 3.93. The van der Waals surface area contributed by atoms with E-state index in [-0.39, 0.29) is 11.9 Å². The molecular weight excluding hydrogens is 328 g/mol. The molecule has 1 aromatic heterocycles. The molecule has 134 valence electrons. The van der Waals surface area contributed by atoms with Crippen LogP contribution in [0.5, 0.6) is 5.88 Å². The van der Waals surface area contributed by atoms with Crippen molar-refractivity contribution in [3.63, 3.8) is 0 Å². The van der Waals surface area contributed by atoms with Crippen molar-refractivity contribution in [2.45, 2.75) is 25.3 Å². The maximum absolute atomic E-state index is 12.3. The summed E-state index contributed by atoms with van der Waals surface area (Å²) in [6.45, 7) is 1.39. The van der Waals surface area contributed by atoms with Crippen molar-refractivity contribution < 1.29 is 9.53 Å². The summed E-state index contributed by atoms with van der Waals surface area (Å²) in [5.41, 5.74) is 2.31. The van der Waals surface area contributed by atoms with Gasteiger partial charge in [-0.05, 0) is 24.5 Å². The van der Waals surface area contributed by atoms with Crippen molar-refractivity contribution in [3.8, 4) is 11.9 Å². The van der Waals surface area contributed by atoms with E-state index in [1.54, 1.807) is 12.3 Å². The highest BCUT2D eigenvalue weighted by Gasteiger charge is 2.29. The topological polar surface area (TPSA) is 78.2 Å². The molecular formula is C20H22N4O2. The largest absolute Gasteiger partial charge is 0.480 e. The van der Waals surface area contributed by atoms with Crippen molar-refractivity contribution in [2.75, 3.05) is 25.5 Å². The van der Waals surface area contributed by atoms with Gasteiger partial charge in [0.05, 0.1) is 18.8 Å². The number of benzene rings is 1. The lowest BCUT2D eigenvalue weighted by atomic mass is 10.1. The third-order valence-electron chi connectivity index (χ3n) is 4.53. The molecule has 3 rings (SSSR count). The number of hydrogen-bond donors (Lipinski definition) is 1. The summed E-state index contributed by atoms with van der Waals surface area (Å²) in [6, 6.07) is 14.1. The first-order valence-electron chi connectivity index (χ1n) is 8.72. The van der Waals surface area contributed by atoms with Gasteiger partial charge >= 0.3 is 0 Å². The van der Waals surface area contributed by atoms with Crippen molar-refractivity contribution in [3.05, 3.63) is 53.7 Å². The number of nitrogens with one attached hydrogen (secondary N) is 1. The highest BCUT2D eigenvalue weighted by Crippen LogP contribution is 2.25. The lowest BCUT2D eigenvalue weighted by Gasteiger charge is -2.18. The number of nitriles is 1. The summed E-state index contributed by atoms with van der Waals surface area (Å²) >= 11 is 0. The third kappa shape index (κ3) is 4.12. The van der Waals surface area contributed by atoms with E-state index in [0.29, 0.717) is 30.1 Å². The number of nitrogens with zero attached hydrogens (tertiary/aromatic N) is 3. The van der Waals surface area contributed by atoms with Crippen LogP contribution in [0.3, 0.4) is 0 Å². The van der Waals surface area contributed by atoms with Gasteiger partial charge in [0.25, 0.3) is 0 Å². The van der Waals surface area contributed by atoms with E-state index in [4.69, 9.17) is 4.74 Å². The van der Waals surface area contributed by atoms with Crippen LogP contribution >= 0.6 is 0 Å². The molecule has 2 aromatic rings. The van der Waals surface area contributed by atoms with Gasteiger partial charge in [-0.25, -0.2) is 4.98 Å². The normalized spacial score (nSPS) is 16.4. The van der Waals surface area contributed by atoms with E-state index in [2.05, 4.69) is 28.5 Å². The molecule has 1 N–H and O–H groups in total. The molecule has 1 saturated heterocycles. The molecule has 0 spiro atoms. The van der Waals surface area contributed by atoms with Crippen molar-refractivity contribution in [1.82, 2.24) is 9.88 Å². The molecule has 1 aliphatic rings. The molecule has 26 heavy (non-hydrogen) atoms. The van der Waals surface area contributed by atoms with Crippen LogP contribution in [0.25, 0.3) is 0 Å². The van der Waals surface area contributed by atoms with Gasteiger partial charge in [-0.3, -0.25) is 4.79 Å². The fourth-order valence-corrected chi connectivity index (χ4v) is 3.25. The molecule has 0 aliphatic carbocycles. The van der Waals surface area contributed by atoms with E-state index in [9.17, 15) is 10.1 Å². The van der Waals surface area contributed by atoms with Crippen LogP contribution in [0.2, 0.25) is 0 Å². The molecule has 1 aliphatic heterocycles. The van der Waals surface area contributed by atoms with E-state index in [1.807, 2.05) is 23.1 Å². The molecule has 6 heteroatoms. The number of amides is 1. The molecule has 1 amide bonds. The number of aryl methyl sites for hydroxylation is 1. The Morgan fingerprint density at radius 2 is 2.15 bits per heavy atom. The Kier molecular flexibility index (Phi) is 5.69. The van der Waals surface area contributed by atoms with Gasteiger partial charge < -0.3 is 15.0 Å². The Hall–Kier alpha value is -3.07. The minimum absolute atomic E-state index is 0.0153. The Morgan fingerprint density at radius 1 is 1.35 bits per heavy atom. The smallest absolute Gasteiger partial charge is 0.233 e. The molecule has 0 bridgehead atoms. The maximum Gasteiger partial charge on any atom is 0.233 e. The summed E-state index contributed by atoms with van der Waals surface area (Å²) in [4.78, 5) is 18.2. The second kappa shape index (κ2) is 8.34. The second-order valence-electron chi connectivity index (χ2n) is 6.33. The Bertz CT molecular complexity index is 801. The minimum Gasteiger partial charge on any atom is -0.480 e. The SMILES string of the molecule is COc1nccc(N[C@H]2CC(=O)N(CCCc3ccccc3)C2)c1C#N. The fourth-order valence-electron chi connectivity index (χ4n) is 3.25. The number of aromatic nitrogens is 1. The van der Waals surface area contributed by atoms with Gasteiger partial charge in [0.2, 0.25) is 11.8 Å². The average molecular weight is 350 g/mol. The van der Waals surface area contributed by atoms with Gasteiger partial charge in [-0.15, -0.1) is 0 Å². The lowest BCUT2D eigenvalue weighted by molar-refractivity contribution is -0.127. The molecule has 2 heterocycles. The molecule has 6 nitrogen and oxygen atoms in total. The number of carbonyl (C=O) groups excluding carboxylic acids is 1. The molecule has 0 unspecified atom stereocenters. The van der Waals surface area contributed by atoms with Crippen LogP contribution in [0, 0.1) is 11.3 Å². The van der Waals surface area contributed by atoms with Crippen LogP contribution in [0.15, 0.2) is 42.6 Å². The van der Waals surface area contributed by atoms with Crippen molar-refractivity contribution >= 4 is 11.6 Å². The summed E-state index contributed by atoms with van der Waals surface area (Å²) in [5.74, 6) is 0.441. The van der Waals surface area contributed by atoms with Crippen molar-refractivity contribution in [2.24, 2.45) is 0 Å². The highest BCUT2D eigenvalue weighted by atomic mass is 16.5.